The molecule has 0 aliphatic heterocycles. The predicted molar refractivity (Wildman–Crippen MR) is 75.5 cm³/mol. The van der Waals surface area contributed by atoms with Crippen LogP contribution in [0.2, 0.25) is 0 Å². The maximum atomic E-state index is 11.7. The van der Waals surface area contributed by atoms with Crippen LogP contribution in [0.3, 0.4) is 0 Å². The van der Waals surface area contributed by atoms with Gasteiger partial charge in [-0.3, -0.25) is 19.5 Å². The molecule has 1 rings (SSSR count). The first-order valence-electron chi connectivity index (χ1n) is 6.13. The molecule has 3 N–H and O–H groups in total. The molecular weight excluding hydrogens is 334 g/mol. The lowest BCUT2D eigenvalue weighted by Crippen LogP contribution is -2.23. The van der Waals surface area contributed by atoms with E-state index in [1.807, 2.05) is 0 Å². The van der Waals surface area contributed by atoms with Crippen molar-refractivity contribution in [2.24, 2.45) is 5.41 Å². The van der Waals surface area contributed by atoms with Crippen molar-refractivity contribution >= 4 is 21.8 Å². The minimum Gasteiger partial charge on any atom is -0.506 e. The average molecular weight is 349 g/mol. The maximum absolute atomic E-state index is 11.7. The summed E-state index contributed by atoms with van der Waals surface area (Å²) in [7, 11) is -5.06. The summed E-state index contributed by atoms with van der Waals surface area (Å²) in [6.07, 6.45) is 0. The van der Waals surface area contributed by atoms with E-state index in [-0.39, 0.29) is 0 Å². The first-order valence-corrected chi connectivity index (χ1v) is 7.57. The fraction of sp³-hybridized carbons (Fsp3) is 0.417. The van der Waals surface area contributed by atoms with Gasteiger partial charge in [0.2, 0.25) is 0 Å². The number of carbonyl (C=O) groups is 1. The monoisotopic (exact) mass is 349 g/mol. The molecular formula is C12H15NO9S. The summed E-state index contributed by atoms with van der Waals surface area (Å²) in [5.74, 6) is -3.23. The van der Waals surface area contributed by atoms with Crippen LogP contribution in [0.4, 0.5) is 5.69 Å². The van der Waals surface area contributed by atoms with Gasteiger partial charge in [0, 0.05) is 0 Å². The zero-order valence-corrected chi connectivity index (χ0v) is 13.2. The number of nitrogens with zero attached hydrogens (tertiary/aromatic N) is 1. The highest BCUT2D eigenvalue weighted by atomic mass is 32.2. The summed E-state index contributed by atoms with van der Waals surface area (Å²) in [5, 5.41) is 30.3. The zero-order valence-electron chi connectivity index (χ0n) is 12.4. The number of phenolic OH excluding ortho intramolecular Hbond substituents is 2. The summed E-state index contributed by atoms with van der Waals surface area (Å²) in [6, 6.07) is 0.434. The summed E-state index contributed by atoms with van der Waals surface area (Å²) in [5.41, 5.74) is -2.47. The quantitative estimate of drug-likeness (QED) is 0.315. The predicted octanol–water partition coefficient (Wildman–Crippen LogP) is 1.34. The van der Waals surface area contributed by atoms with Crippen LogP contribution < -0.4 is 0 Å². The third-order valence-electron chi connectivity index (χ3n) is 2.73. The van der Waals surface area contributed by atoms with Gasteiger partial charge < -0.3 is 14.9 Å². The Hall–Kier alpha value is -2.40. The third kappa shape index (κ3) is 4.07. The molecule has 0 spiro atoms. The lowest BCUT2D eigenvalue weighted by atomic mass is 9.97. The van der Waals surface area contributed by atoms with Crippen molar-refractivity contribution < 1.29 is 37.6 Å². The molecule has 0 aromatic heterocycles. The Bertz CT molecular complexity index is 762. The van der Waals surface area contributed by atoms with Gasteiger partial charge in [-0.1, -0.05) is 0 Å². The van der Waals surface area contributed by atoms with Crippen LogP contribution in [0.1, 0.15) is 26.3 Å². The Balaban J connectivity index is 3.45. The van der Waals surface area contributed by atoms with E-state index < -0.39 is 60.7 Å². The van der Waals surface area contributed by atoms with Gasteiger partial charge >= 0.3 is 16.1 Å². The highest BCUT2D eigenvalue weighted by Gasteiger charge is 2.32. The van der Waals surface area contributed by atoms with Crippen LogP contribution >= 0.6 is 0 Å². The number of carbonyl (C=O) groups excluding carboxylic acids is 1. The number of hydrogen-bond acceptors (Lipinski definition) is 8. The van der Waals surface area contributed by atoms with Crippen LogP contribution in [0.5, 0.6) is 11.5 Å². The van der Waals surface area contributed by atoms with Crippen LogP contribution in [0.15, 0.2) is 11.0 Å². The first-order chi connectivity index (χ1) is 10.3. The van der Waals surface area contributed by atoms with Gasteiger partial charge in [0.15, 0.2) is 10.6 Å². The molecule has 0 amide bonds. The molecule has 0 fully saturated rings. The van der Waals surface area contributed by atoms with Crippen LogP contribution in [-0.2, 0) is 26.3 Å². The Labute approximate surface area is 131 Å². The van der Waals surface area contributed by atoms with E-state index in [9.17, 15) is 33.5 Å². The van der Waals surface area contributed by atoms with E-state index in [1.165, 1.54) is 20.8 Å². The van der Waals surface area contributed by atoms with Crippen LogP contribution in [0, 0.1) is 15.5 Å². The molecule has 0 saturated heterocycles. The van der Waals surface area contributed by atoms with Gasteiger partial charge in [-0.15, -0.1) is 0 Å². The second-order valence-electron chi connectivity index (χ2n) is 5.63. The second-order valence-corrected chi connectivity index (χ2v) is 6.99. The molecule has 0 heterocycles. The number of nitro benzene ring substituents is 1. The fourth-order valence-corrected chi connectivity index (χ4v) is 2.27. The SMILES string of the molecule is CC(C)(C)C(=O)OCc1c([N+](=O)[O-])cc(O)c(S(=O)(=O)O)c1O. The summed E-state index contributed by atoms with van der Waals surface area (Å²) in [4.78, 5) is 20.3. The van der Waals surface area contributed by atoms with Gasteiger partial charge in [-0.25, -0.2) is 0 Å². The Kier molecular flexibility index (Phi) is 4.87. The molecule has 0 unspecified atom stereocenters. The minimum absolute atomic E-state index is 0.434. The van der Waals surface area contributed by atoms with Crippen molar-refractivity contribution in [2.75, 3.05) is 0 Å². The number of benzene rings is 1. The number of rotatable bonds is 4. The van der Waals surface area contributed by atoms with E-state index in [0.717, 1.165) is 0 Å². The second kappa shape index (κ2) is 6.01. The Morgan fingerprint density at radius 1 is 1.35 bits per heavy atom. The Morgan fingerprint density at radius 3 is 2.26 bits per heavy atom. The van der Waals surface area contributed by atoms with Gasteiger partial charge in [-0.2, -0.15) is 8.42 Å². The average Bonchev–Trinajstić information content (AvgIpc) is 2.33. The lowest BCUT2D eigenvalue weighted by Gasteiger charge is -2.17. The molecule has 10 nitrogen and oxygen atoms in total. The molecule has 1 aromatic carbocycles. The van der Waals surface area contributed by atoms with Crippen molar-refractivity contribution in [1.29, 1.82) is 0 Å². The molecule has 128 valence electrons. The third-order valence-corrected chi connectivity index (χ3v) is 3.65. The first kappa shape index (κ1) is 18.6. The van der Waals surface area contributed by atoms with E-state index in [1.54, 1.807) is 0 Å². The Morgan fingerprint density at radius 2 is 1.87 bits per heavy atom. The van der Waals surface area contributed by atoms with Gasteiger partial charge in [0.1, 0.15) is 17.9 Å². The summed E-state index contributed by atoms with van der Waals surface area (Å²) >= 11 is 0. The number of phenols is 2. The molecule has 23 heavy (non-hydrogen) atoms. The lowest BCUT2D eigenvalue weighted by molar-refractivity contribution is -0.386. The number of nitro groups is 1. The maximum Gasteiger partial charge on any atom is 0.311 e. The molecule has 0 aliphatic carbocycles. The molecule has 0 atom stereocenters. The van der Waals surface area contributed by atoms with Crippen molar-refractivity contribution in [1.82, 2.24) is 0 Å². The summed E-state index contributed by atoms with van der Waals surface area (Å²) < 4.78 is 36.1. The standard InChI is InChI=1S/C12H15NO9S/c1-12(2,3)11(16)22-5-6-7(13(17)18)4-8(14)10(9(6)15)23(19,20)21/h4,14-15H,5H2,1-3H3,(H,19,20,21). The fourth-order valence-electron chi connectivity index (χ4n) is 1.58. The van der Waals surface area contributed by atoms with Crippen molar-refractivity contribution in [3.63, 3.8) is 0 Å². The van der Waals surface area contributed by atoms with Gasteiger partial charge in [0.05, 0.1) is 16.4 Å². The highest BCUT2D eigenvalue weighted by Crippen LogP contribution is 2.41. The number of ether oxygens (including phenoxy) is 1. The molecule has 11 heteroatoms. The van der Waals surface area contributed by atoms with Crippen LogP contribution in [-0.4, -0.2) is 34.1 Å². The smallest absolute Gasteiger partial charge is 0.311 e. The summed E-state index contributed by atoms with van der Waals surface area (Å²) in [6.45, 7) is 3.74. The highest BCUT2D eigenvalue weighted by molar-refractivity contribution is 7.86. The van der Waals surface area contributed by atoms with Crippen molar-refractivity contribution in [2.45, 2.75) is 32.3 Å². The number of esters is 1. The molecule has 0 saturated carbocycles. The topological polar surface area (TPSA) is 164 Å². The molecule has 0 radical (unpaired) electrons. The van der Waals surface area contributed by atoms with E-state index in [4.69, 9.17) is 9.29 Å². The molecule has 1 aromatic rings. The zero-order chi connectivity index (χ0) is 18.2. The van der Waals surface area contributed by atoms with E-state index in [0.29, 0.717) is 6.07 Å². The normalized spacial score (nSPS) is 12.0. The number of hydrogen-bond donors (Lipinski definition) is 3. The molecule has 0 bridgehead atoms. The largest absolute Gasteiger partial charge is 0.506 e. The van der Waals surface area contributed by atoms with Crippen molar-refractivity contribution in [3.05, 3.63) is 21.7 Å². The van der Waals surface area contributed by atoms with Crippen LogP contribution in [0.25, 0.3) is 0 Å². The minimum atomic E-state index is -5.06. The number of aromatic hydroxyl groups is 2. The van der Waals surface area contributed by atoms with E-state index >= 15 is 0 Å². The van der Waals surface area contributed by atoms with Crippen molar-refractivity contribution in [3.8, 4) is 11.5 Å². The van der Waals surface area contributed by atoms with E-state index in [2.05, 4.69) is 0 Å². The molecule has 0 aliphatic rings. The van der Waals surface area contributed by atoms with Gasteiger partial charge in [-0.05, 0) is 20.8 Å². The van der Waals surface area contributed by atoms with Gasteiger partial charge in [0.25, 0.3) is 5.69 Å².